The lowest BCUT2D eigenvalue weighted by molar-refractivity contribution is 0.0169. The number of benzene rings is 1. The van der Waals surface area contributed by atoms with Crippen molar-refractivity contribution in [2.24, 2.45) is 4.99 Å². The van der Waals surface area contributed by atoms with Crippen LogP contribution in [0.25, 0.3) is 0 Å². The summed E-state index contributed by atoms with van der Waals surface area (Å²) in [6, 6.07) is 7.22. The second kappa shape index (κ2) is 10.8. The number of hydrogen-bond donors (Lipinski definition) is 2. The Balaban J connectivity index is 0.00000288. The smallest absolute Gasteiger partial charge is 0.191 e. The van der Waals surface area contributed by atoms with Crippen molar-refractivity contribution in [3.63, 3.8) is 0 Å². The Morgan fingerprint density at radius 3 is 2.62 bits per heavy atom. The third kappa shape index (κ3) is 6.52. The summed E-state index contributed by atoms with van der Waals surface area (Å²) in [6.45, 7) is 7.92. The van der Waals surface area contributed by atoms with E-state index in [0.29, 0.717) is 25.8 Å². The van der Waals surface area contributed by atoms with Gasteiger partial charge in [0.2, 0.25) is 0 Å². The number of aliphatic imine (C=N–C) groups is 1. The van der Waals surface area contributed by atoms with E-state index in [1.165, 1.54) is 6.07 Å². The third-order valence-corrected chi connectivity index (χ3v) is 3.83. The highest BCUT2D eigenvalue weighted by atomic mass is 127. The number of ether oxygens (including phenoxy) is 1. The summed E-state index contributed by atoms with van der Waals surface area (Å²) in [4.78, 5) is 6.56. The Labute approximate surface area is 161 Å². The molecule has 0 aromatic heterocycles. The van der Waals surface area contributed by atoms with E-state index >= 15 is 0 Å². The molecular weight excluding hydrogens is 422 g/mol. The summed E-state index contributed by atoms with van der Waals surface area (Å²) >= 11 is 0. The van der Waals surface area contributed by atoms with Gasteiger partial charge in [-0.25, -0.2) is 4.39 Å². The summed E-state index contributed by atoms with van der Waals surface area (Å²) in [7, 11) is 1.75. The second-order valence-corrected chi connectivity index (χ2v) is 5.97. The van der Waals surface area contributed by atoms with Crippen LogP contribution in [0.1, 0.15) is 25.5 Å². The van der Waals surface area contributed by atoms with E-state index in [9.17, 15) is 4.39 Å². The van der Waals surface area contributed by atoms with Crippen LogP contribution in [0.4, 0.5) is 4.39 Å². The Hall–Kier alpha value is -0.930. The van der Waals surface area contributed by atoms with Gasteiger partial charge < -0.3 is 15.4 Å². The van der Waals surface area contributed by atoms with Crippen molar-refractivity contribution in [3.05, 3.63) is 35.6 Å². The molecule has 0 bridgehead atoms. The Morgan fingerprint density at radius 1 is 1.33 bits per heavy atom. The summed E-state index contributed by atoms with van der Waals surface area (Å²) < 4.78 is 19.1. The predicted molar refractivity (Wildman–Crippen MR) is 107 cm³/mol. The molecule has 1 atom stereocenters. The molecule has 1 heterocycles. The van der Waals surface area contributed by atoms with E-state index in [2.05, 4.69) is 34.4 Å². The summed E-state index contributed by atoms with van der Waals surface area (Å²) in [5.41, 5.74) is 0.972. The number of guanidine groups is 1. The van der Waals surface area contributed by atoms with Gasteiger partial charge in [0.15, 0.2) is 5.96 Å². The molecule has 0 saturated carbocycles. The molecule has 5 nitrogen and oxygen atoms in total. The minimum atomic E-state index is -0.203. The molecular formula is C17H28FIN4O. The van der Waals surface area contributed by atoms with Crippen LogP contribution in [0.2, 0.25) is 0 Å². The normalized spacial score (nSPS) is 17.3. The second-order valence-electron chi connectivity index (χ2n) is 5.97. The molecule has 1 aliphatic heterocycles. The lowest BCUT2D eigenvalue weighted by Crippen LogP contribution is -2.47. The molecule has 0 spiro atoms. The van der Waals surface area contributed by atoms with Gasteiger partial charge in [-0.05, 0) is 31.5 Å². The van der Waals surface area contributed by atoms with Crippen molar-refractivity contribution >= 4 is 29.9 Å². The first-order valence-corrected chi connectivity index (χ1v) is 8.14. The topological polar surface area (TPSA) is 48.9 Å². The fourth-order valence-corrected chi connectivity index (χ4v) is 2.72. The van der Waals surface area contributed by atoms with Gasteiger partial charge in [-0.15, -0.1) is 24.0 Å². The van der Waals surface area contributed by atoms with E-state index in [-0.39, 0.29) is 35.8 Å². The van der Waals surface area contributed by atoms with Crippen LogP contribution in [0.15, 0.2) is 29.3 Å². The molecule has 1 aliphatic rings. The maximum Gasteiger partial charge on any atom is 0.191 e. The number of nitrogens with one attached hydrogen (secondary N) is 2. The lowest BCUT2D eigenvalue weighted by atomic mass is 10.0. The highest BCUT2D eigenvalue weighted by molar-refractivity contribution is 14.0. The first-order chi connectivity index (χ1) is 11.1. The average Bonchev–Trinajstić information content (AvgIpc) is 2.54. The van der Waals surface area contributed by atoms with E-state index in [1.54, 1.807) is 19.2 Å². The van der Waals surface area contributed by atoms with Gasteiger partial charge in [0.05, 0.1) is 19.3 Å². The Morgan fingerprint density at radius 2 is 2.04 bits per heavy atom. The minimum Gasteiger partial charge on any atom is -0.379 e. The molecule has 2 rings (SSSR count). The van der Waals surface area contributed by atoms with Crippen molar-refractivity contribution in [3.8, 4) is 0 Å². The van der Waals surface area contributed by atoms with Crippen molar-refractivity contribution in [1.29, 1.82) is 0 Å². The van der Waals surface area contributed by atoms with Gasteiger partial charge in [0, 0.05) is 32.7 Å². The van der Waals surface area contributed by atoms with Crippen LogP contribution in [0.3, 0.4) is 0 Å². The van der Waals surface area contributed by atoms with Crippen LogP contribution in [-0.2, 0) is 4.74 Å². The molecule has 1 unspecified atom stereocenters. The SMILES string of the molecule is CN=C(NCC(c1cccc(F)c1)N1CCOCC1)NC(C)C.I. The van der Waals surface area contributed by atoms with Crippen LogP contribution in [0.5, 0.6) is 0 Å². The quantitative estimate of drug-likeness (QED) is 0.411. The van der Waals surface area contributed by atoms with Gasteiger partial charge in [-0.1, -0.05) is 12.1 Å². The van der Waals surface area contributed by atoms with Crippen LogP contribution >= 0.6 is 24.0 Å². The fourth-order valence-electron chi connectivity index (χ4n) is 2.72. The van der Waals surface area contributed by atoms with E-state index in [4.69, 9.17) is 4.74 Å². The van der Waals surface area contributed by atoms with Gasteiger partial charge in [0.25, 0.3) is 0 Å². The molecule has 0 amide bonds. The first kappa shape index (κ1) is 21.1. The van der Waals surface area contributed by atoms with Crippen LogP contribution in [-0.4, -0.2) is 56.8 Å². The molecule has 0 radical (unpaired) electrons. The van der Waals surface area contributed by atoms with Gasteiger partial charge in [-0.3, -0.25) is 9.89 Å². The zero-order chi connectivity index (χ0) is 16.7. The maximum absolute atomic E-state index is 13.6. The monoisotopic (exact) mass is 450 g/mol. The van der Waals surface area contributed by atoms with Gasteiger partial charge in [-0.2, -0.15) is 0 Å². The van der Waals surface area contributed by atoms with Crippen molar-refractivity contribution < 1.29 is 9.13 Å². The first-order valence-electron chi connectivity index (χ1n) is 8.14. The Bertz CT molecular complexity index is 521. The molecule has 1 aromatic rings. The minimum absolute atomic E-state index is 0. The summed E-state index contributed by atoms with van der Waals surface area (Å²) in [5.74, 6) is 0.556. The van der Waals surface area contributed by atoms with Crippen molar-refractivity contribution in [1.82, 2.24) is 15.5 Å². The Kier molecular flexibility index (Phi) is 9.53. The predicted octanol–water partition coefficient (Wildman–Crippen LogP) is 2.39. The highest BCUT2D eigenvalue weighted by Gasteiger charge is 2.23. The van der Waals surface area contributed by atoms with Crippen molar-refractivity contribution in [2.75, 3.05) is 39.9 Å². The van der Waals surface area contributed by atoms with Crippen LogP contribution < -0.4 is 10.6 Å². The highest BCUT2D eigenvalue weighted by Crippen LogP contribution is 2.22. The number of halogens is 2. The fraction of sp³-hybridized carbons (Fsp3) is 0.588. The maximum atomic E-state index is 13.6. The third-order valence-electron chi connectivity index (χ3n) is 3.83. The largest absolute Gasteiger partial charge is 0.379 e. The van der Waals surface area contributed by atoms with Crippen LogP contribution in [0, 0.1) is 5.82 Å². The average molecular weight is 450 g/mol. The summed E-state index contributed by atoms with van der Waals surface area (Å²) in [6.07, 6.45) is 0. The molecule has 2 N–H and O–H groups in total. The van der Waals surface area contributed by atoms with Gasteiger partial charge in [0.1, 0.15) is 5.82 Å². The van der Waals surface area contributed by atoms with E-state index in [0.717, 1.165) is 24.6 Å². The number of rotatable bonds is 5. The van der Waals surface area contributed by atoms with E-state index < -0.39 is 0 Å². The molecule has 1 saturated heterocycles. The van der Waals surface area contributed by atoms with Crippen molar-refractivity contribution in [2.45, 2.75) is 25.9 Å². The molecule has 24 heavy (non-hydrogen) atoms. The summed E-state index contributed by atoms with van der Waals surface area (Å²) in [5, 5.41) is 6.62. The lowest BCUT2D eigenvalue weighted by Gasteiger charge is -2.35. The standard InChI is InChI=1S/C17H27FN4O.HI/c1-13(2)21-17(19-3)20-12-16(22-7-9-23-10-8-22)14-5-4-6-15(18)11-14;/h4-6,11,13,16H,7-10,12H2,1-3H3,(H2,19,20,21);1H. The van der Waals surface area contributed by atoms with E-state index in [1.807, 2.05) is 6.07 Å². The zero-order valence-electron chi connectivity index (χ0n) is 14.6. The molecule has 0 aliphatic carbocycles. The zero-order valence-corrected chi connectivity index (χ0v) is 16.9. The number of morpholine rings is 1. The molecule has 7 heteroatoms. The molecule has 1 fully saturated rings. The van der Waals surface area contributed by atoms with Gasteiger partial charge >= 0.3 is 0 Å². The molecule has 136 valence electrons. The molecule has 1 aromatic carbocycles. The number of hydrogen-bond acceptors (Lipinski definition) is 3. The number of nitrogens with zero attached hydrogens (tertiary/aromatic N) is 2.